The molecule has 1 aliphatic carbocycles. The van der Waals surface area contributed by atoms with Crippen molar-refractivity contribution < 1.29 is 14.3 Å². The molecule has 110 valence electrons. The van der Waals surface area contributed by atoms with Crippen LogP contribution in [0.15, 0.2) is 22.7 Å². The highest BCUT2D eigenvalue weighted by atomic mass is 79.9. The molecule has 2 rings (SSSR count). The van der Waals surface area contributed by atoms with Crippen molar-refractivity contribution in [2.75, 3.05) is 13.2 Å². The maximum Gasteiger partial charge on any atom is 0.166 e. The van der Waals surface area contributed by atoms with Crippen molar-refractivity contribution in [3.8, 4) is 5.75 Å². The van der Waals surface area contributed by atoms with Gasteiger partial charge in [0.05, 0.1) is 18.3 Å². The third-order valence-corrected chi connectivity index (χ3v) is 4.10. The van der Waals surface area contributed by atoms with Crippen LogP contribution in [0.4, 0.5) is 0 Å². The number of benzene rings is 1. The summed E-state index contributed by atoms with van der Waals surface area (Å²) in [5.41, 5.74) is 0.682. The van der Waals surface area contributed by atoms with Crippen molar-refractivity contribution in [1.82, 2.24) is 0 Å². The summed E-state index contributed by atoms with van der Waals surface area (Å²) in [5.74, 6) is 1.29. The molecule has 0 N–H and O–H groups in total. The molecule has 0 aromatic heterocycles. The molecule has 0 spiro atoms. The Morgan fingerprint density at radius 2 is 2.05 bits per heavy atom. The number of rotatable bonds is 7. The molecule has 0 saturated heterocycles. The van der Waals surface area contributed by atoms with Crippen LogP contribution in [0, 0.1) is 5.92 Å². The third-order valence-electron chi connectivity index (χ3n) is 3.61. The predicted molar refractivity (Wildman–Crippen MR) is 82.4 cm³/mol. The highest BCUT2D eigenvalue weighted by molar-refractivity contribution is 9.10. The Hall–Kier alpha value is -0.870. The van der Waals surface area contributed by atoms with Crippen LogP contribution in [-0.4, -0.2) is 25.1 Å². The lowest BCUT2D eigenvalue weighted by Crippen LogP contribution is -2.32. The van der Waals surface area contributed by atoms with Gasteiger partial charge in [-0.1, -0.05) is 15.9 Å². The molecule has 1 aromatic rings. The summed E-state index contributed by atoms with van der Waals surface area (Å²) in [7, 11) is 0. The maximum absolute atomic E-state index is 12.4. The highest BCUT2D eigenvalue weighted by Gasteiger charge is 2.31. The van der Waals surface area contributed by atoms with Crippen molar-refractivity contribution in [1.29, 1.82) is 0 Å². The SMILES string of the molecule is CCOc1ccc(Br)cc1C(=O)CC1CC(OCC)C1. The van der Waals surface area contributed by atoms with Crippen molar-refractivity contribution in [3.05, 3.63) is 28.2 Å². The largest absolute Gasteiger partial charge is 0.493 e. The summed E-state index contributed by atoms with van der Waals surface area (Å²) in [6.07, 6.45) is 2.93. The zero-order chi connectivity index (χ0) is 14.5. The first-order valence-corrected chi connectivity index (χ1v) is 8.00. The van der Waals surface area contributed by atoms with E-state index in [2.05, 4.69) is 15.9 Å². The fraction of sp³-hybridized carbons (Fsp3) is 0.562. The van der Waals surface area contributed by atoms with Gasteiger partial charge < -0.3 is 9.47 Å². The molecular weight excluding hydrogens is 320 g/mol. The van der Waals surface area contributed by atoms with E-state index in [1.54, 1.807) is 0 Å². The third kappa shape index (κ3) is 3.83. The number of hydrogen-bond acceptors (Lipinski definition) is 3. The molecule has 4 heteroatoms. The van der Waals surface area contributed by atoms with E-state index >= 15 is 0 Å². The molecule has 1 aliphatic rings. The smallest absolute Gasteiger partial charge is 0.166 e. The lowest BCUT2D eigenvalue weighted by Gasteiger charge is -2.34. The molecule has 1 saturated carbocycles. The van der Waals surface area contributed by atoms with Crippen LogP contribution in [0.25, 0.3) is 0 Å². The molecule has 1 fully saturated rings. The number of hydrogen-bond donors (Lipinski definition) is 0. The number of ketones is 1. The molecule has 0 heterocycles. The van der Waals surface area contributed by atoms with Crippen molar-refractivity contribution >= 4 is 21.7 Å². The molecule has 0 radical (unpaired) electrons. The van der Waals surface area contributed by atoms with Crippen molar-refractivity contribution in [2.24, 2.45) is 5.92 Å². The van der Waals surface area contributed by atoms with Gasteiger partial charge in [0.2, 0.25) is 0 Å². The van der Waals surface area contributed by atoms with Crippen LogP contribution in [0.2, 0.25) is 0 Å². The van der Waals surface area contributed by atoms with Gasteiger partial charge in [-0.2, -0.15) is 0 Å². The van der Waals surface area contributed by atoms with Gasteiger partial charge in [0.15, 0.2) is 5.78 Å². The van der Waals surface area contributed by atoms with Crippen molar-refractivity contribution in [2.45, 2.75) is 39.2 Å². The molecule has 0 amide bonds. The van der Waals surface area contributed by atoms with Crippen LogP contribution >= 0.6 is 15.9 Å². The van der Waals surface area contributed by atoms with E-state index in [1.165, 1.54) is 0 Å². The molecule has 0 bridgehead atoms. The molecular formula is C16H21BrO3. The van der Waals surface area contributed by atoms with Gasteiger partial charge in [0.1, 0.15) is 5.75 Å². The topological polar surface area (TPSA) is 35.5 Å². The molecule has 0 unspecified atom stereocenters. The first-order chi connectivity index (χ1) is 9.63. The quantitative estimate of drug-likeness (QED) is 0.696. The fourth-order valence-electron chi connectivity index (χ4n) is 2.59. The molecule has 3 nitrogen and oxygen atoms in total. The van der Waals surface area contributed by atoms with E-state index in [0.717, 1.165) is 23.9 Å². The van der Waals surface area contributed by atoms with Crippen LogP contribution in [0.5, 0.6) is 5.75 Å². The maximum atomic E-state index is 12.4. The Kier molecular flexibility index (Phi) is 5.61. The minimum Gasteiger partial charge on any atom is -0.493 e. The monoisotopic (exact) mass is 340 g/mol. The first kappa shape index (κ1) is 15.5. The summed E-state index contributed by atoms with van der Waals surface area (Å²) < 4.78 is 12.0. The van der Waals surface area contributed by atoms with Gasteiger partial charge in [-0.15, -0.1) is 0 Å². The number of halogens is 1. The zero-order valence-corrected chi connectivity index (χ0v) is 13.6. The number of Topliss-reactive ketones (excluding diaryl/α,β-unsaturated/α-hetero) is 1. The van der Waals surface area contributed by atoms with E-state index in [0.29, 0.717) is 36.4 Å². The minimum absolute atomic E-state index is 0.162. The van der Waals surface area contributed by atoms with Crippen LogP contribution in [0.1, 0.15) is 43.5 Å². The first-order valence-electron chi connectivity index (χ1n) is 7.21. The Balaban J connectivity index is 1.97. The second-order valence-corrected chi connectivity index (χ2v) is 6.03. The fourth-order valence-corrected chi connectivity index (χ4v) is 2.95. The van der Waals surface area contributed by atoms with Gasteiger partial charge in [0, 0.05) is 17.5 Å². The van der Waals surface area contributed by atoms with E-state index in [4.69, 9.17) is 9.47 Å². The molecule has 0 aliphatic heterocycles. The van der Waals surface area contributed by atoms with E-state index < -0.39 is 0 Å². The minimum atomic E-state index is 0.162. The summed E-state index contributed by atoms with van der Waals surface area (Å²) in [5, 5.41) is 0. The van der Waals surface area contributed by atoms with E-state index in [1.807, 2.05) is 32.0 Å². The van der Waals surface area contributed by atoms with Gasteiger partial charge in [0.25, 0.3) is 0 Å². The van der Waals surface area contributed by atoms with Gasteiger partial charge in [-0.25, -0.2) is 0 Å². The molecule has 20 heavy (non-hydrogen) atoms. The lowest BCUT2D eigenvalue weighted by atomic mass is 9.78. The second-order valence-electron chi connectivity index (χ2n) is 5.12. The Bertz CT molecular complexity index is 467. The average molecular weight is 341 g/mol. The average Bonchev–Trinajstić information content (AvgIpc) is 2.38. The lowest BCUT2D eigenvalue weighted by molar-refractivity contribution is -0.0246. The van der Waals surface area contributed by atoms with Crippen molar-refractivity contribution in [3.63, 3.8) is 0 Å². The van der Waals surface area contributed by atoms with Gasteiger partial charge >= 0.3 is 0 Å². The van der Waals surface area contributed by atoms with Crippen LogP contribution in [-0.2, 0) is 4.74 Å². The van der Waals surface area contributed by atoms with E-state index in [9.17, 15) is 4.79 Å². The number of carbonyl (C=O) groups is 1. The predicted octanol–water partition coefficient (Wildman–Crippen LogP) is 4.24. The van der Waals surface area contributed by atoms with Gasteiger partial charge in [-0.3, -0.25) is 4.79 Å². The highest BCUT2D eigenvalue weighted by Crippen LogP contribution is 2.35. The Labute approximate surface area is 128 Å². The summed E-state index contributed by atoms with van der Waals surface area (Å²) in [6, 6.07) is 5.60. The normalized spacial score (nSPS) is 21.4. The second kappa shape index (κ2) is 7.23. The standard InChI is InChI=1S/C16H21BrO3/c1-3-19-13-7-11(8-13)9-15(18)14-10-12(17)5-6-16(14)20-4-2/h5-6,10-11,13H,3-4,7-9H2,1-2H3. The van der Waals surface area contributed by atoms with Crippen LogP contribution in [0.3, 0.4) is 0 Å². The van der Waals surface area contributed by atoms with Gasteiger partial charge in [-0.05, 0) is 50.8 Å². The Morgan fingerprint density at radius 1 is 1.30 bits per heavy atom. The summed E-state index contributed by atoms with van der Waals surface area (Å²) in [6.45, 7) is 5.26. The molecule has 0 atom stereocenters. The Morgan fingerprint density at radius 3 is 2.70 bits per heavy atom. The number of carbonyl (C=O) groups excluding carboxylic acids is 1. The van der Waals surface area contributed by atoms with Crippen LogP contribution < -0.4 is 4.74 Å². The summed E-state index contributed by atoms with van der Waals surface area (Å²) >= 11 is 3.42. The number of ether oxygens (including phenoxy) is 2. The molecule has 1 aromatic carbocycles. The zero-order valence-electron chi connectivity index (χ0n) is 12.0. The summed E-state index contributed by atoms with van der Waals surface area (Å²) in [4.78, 5) is 12.4. The van der Waals surface area contributed by atoms with E-state index in [-0.39, 0.29) is 5.78 Å².